The second-order valence-electron chi connectivity index (χ2n) is 7.58. The van der Waals surface area contributed by atoms with Crippen LogP contribution in [0.2, 0.25) is 0 Å². The van der Waals surface area contributed by atoms with E-state index in [4.69, 9.17) is 4.74 Å². The van der Waals surface area contributed by atoms with Crippen molar-refractivity contribution < 1.29 is 26.4 Å². The molecule has 2 unspecified atom stereocenters. The van der Waals surface area contributed by atoms with Crippen LogP contribution in [0.15, 0.2) is 64.4 Å². The maximum atomic E-state index is 13.0. The molecule has 1 aliphatic rings. The van der Waals surface area contributed by atoms with Gasteiger partial charge in [-0.3, -0.25) is 4.79 Å². The number of carbonyl (C=O) groups excluding carboxylic acids is 1. The zero-order valence-electron chi connectivity index (χ0n) is 17.9. The lowest BCUT2D eigenvalue weighted by Crippen LogP contribution is -2.43. The van der Waals surface area contributed by atoms with Crippen molar-refractivity contribution in [2.75, 3.05) is 25.6 Å². The fourth-order valence-corrected chi connectivity index (χ4v) is 6.48. The molecule has 3 rings (SSSR count). The maximum absolute atomic E-state index is 13.0. The van der Waals surface area contributed by atoms with E-state index in [9.17, 15) is 21.6 Å². The molecular weight excluding hydrogens is 454 g/mol. The van der Waals surface area contributed by atoms with Gasteiger partial charge in [0.15, 0.2) is 0 Å². The van der Waals surface area contributed by atoms with E-state index in [2.05, 4.69) is 10.0 Å². The maximum Gasteiger partial charge on any atom is 0.243 e. The number of carbonyl (C=O) groups is 1. The van der Waals surface area contributed by atoms with Crippen LogP contribution in [0.25, 0.3) is 0 Å². The third-order valence-electron chi connectivity index (χ3n) is 5.06. The predicted octanol–water partition coefficient (Wildman–Crippen LogP) is 1.79. The molecule has 2 aromatic carbocycles. The summed E-state index contributed by atoms with van der Waals surface area (Å²) in [6.07, 6.45) is 0.984. The molecule has 0 bridgehead atoms. The fraction of sp³-hybridized carbons (Fsp3) is 0.381. The Bertz CT molecular complexity index is 1140. The minimum atomic E-state index is -3.79. The Kier molecular flexibility index (Phi) is 7.67. The Morgan fingerprint density at radius 2 is 1.72 bits per heavy atom. The zero-order valence-corrected chi connectivity index (χ0v) is 19.5. The number of nitrogens with zero attached hydrogens (tertiary/aromatic N) is 1. The molecule has 32 heavy (non-hydrogen) atoms. The van der Waals surface area contributed by atoms with Crippen LogP contribution in [0.3, 0.4) is 0 Å². The van der Waals surface area contributed by atoms with Crippen molar-refractivity contribution in [3.63, 3.8) is 0 Å². The van der Waals surface area contributed by atoms with Crippen molar-refractivity contribution in [2.24, 2.45) is 0 Å². The van der Waals surface area contributed by atoms with Crippen LogP contribution in [0.5, 0.6) is 0 Å². The summed E-state index contributed by atoms with van der Waals surface area (Å²) in [5.74, 6) is -0.454. The molecule has 9 nitrogen and oxygen atoms in total. The molecule has 0 aliphatic carbocycles. The minimum absolute atomic E-state index is 0.0487. The number of hydrogen-bond acceptors (Lipinski definition) is 6. The van der Waals surface area contributed by atoms with E-state index in [1.165, 1.54) is 47.8 Å². The Hall–Kier alpha value is -2.31. The summed E-state index contributed by atoms with van der Waals surface area (Å²) in [4.78, 5) is 13.0. The fourth-order valence-electron chi connectivity index (χ4n) is 3.58. The third-order valence-corrected chi connectivity index (χ3v) is 8.59. The summed E-state index contributed by atoms with van der Waals surface area (Å²) in [5, 5.41) is 2.70. The molecule has 1 saturated heterocycles. The summed E-state index contributed by atoms with van der Waals surface area (Å²) in [6.45, 7) is 2.18. The van der Waals surface area contributed by atoms with E-state index in [0.717, 1.165) is 0 Å². The highest BCUT2D eigenvalue weighted by Gasteiger charge is 2.39. The summed E-state index contributed by atoms with van der Waals surface area (Å²) in [5.41, 5.74) is 0.378. The van der Waals surface area contributed by atoms with Crippen molar-refractivity contribution in [1.82, 2.24) is 9.03 Å². The van der Waals surface area contributed by atoms with Gasteiger partial charge in [-0.25, -0.2) is 21.6 Å². The van der Waals surface area contributed by atoms with Crippen molar-refractivity contribution in [1.29, 1.82) is 0 Å². The second kappa shape index (κ2) is 10.1. The highest BCUT2D eigenvalue weighted by Crippen LogP contribution is 2.27. The Morgan fingerprint density at radius 3 is 2.34 bits per heavy atom. The van der Waals surface area contributed by atoms with Gasteiger partial charge in [-0.15, -0.1) is 0 Å². The first kappa shape index (κ1) is 24.3. The molecular formula is C21H27N3O6S2. The second-order valence-corrected chi connectivity index (χ2v) is 11.2. The Labute approximate surface area is 188 Å². The van der Waals surface area contributed by atoms with Crippen LogP contribution < -0.4 is 10.0 Å². The molecule has 1 fully saturated rings. The highest BCUT2D eigenvalue weighted by atomic mass is 32.2. The van der Waals surface area contributed by atoms with E-state index in [1.807, 2.05) is 0 Å². The number of anilines is 1. The van der Waals surface area contributed by atoms with E-state index in [1.54, 1.807) is 25.1 Å². The first-order chi connectivity index (χ1) is 15.1. The molecule has 1 heterocycles. The third kappa shape index (κ3) is 5.54. The highest BCUT2D eigenvalue weighted by molar-refractivity contribution is 7.89. The minimum Gasteiger partial charge on any atom is -0.383 e. The van der Waals surface area contributed by atoms with E-state index < -0.39 is 38.0 Å². The molecule has 0 saturated carbocycles. The van der Waals surface area contributed by atoms with E-state index in [0.29, 0.717) is 18.5 Å². The van der Waals surface area contributed by atoms with Crippen LogP contribution in [0, 0.1) is 0 Å². The lowest BCUT2D eigenvalue weighted by Gasteiger charge is -2.23. The number of nitrogens with one attached hydrogen (secondary N) is 2. The molecule has 174 valence electrons. The first-order valence-corrected chi connectivity index (χ1v) is 13.1. The molecule has 0 radical (unpaired) electrons. The lowest BCUT2D eigenvalue weighted by molar-refractivity contribution is -0.119. The van der Waals surface area contributed by atoms with Crippen molar-refractivity contribution in [3.8, 4) is 0 Å². The Balaban J connectivity index is 1.70. The zero-order chi connectivity index (χ0) is 23.4. The quantitative estimate of drug-likeness (QED) is 0.563. The first-order valence-electron chi connectivity index (χ1n) is 10.1. The number of benzene rings is 2. The number of ether oxygens (including phenoxy) is 1. The normalized spacial score (nSPS) is 18.4. The lowest BCUT2D eigenvalue weighted by atomic mass is 10.2. The average molecular weight is 482 g/mol. The van der Waals surface area contributed by atoms with E-state index >= 15 is 0 Å². The molecule has 0 spiro atoms. The Morgan fingerprint density at radius 1 is 1.06 bits per heavy atom. The van der Waals surface area contributed by atoms with Gasteiger partial charge in [-0.2, -0.15) is 4.31 Å². The largest absolute Gasteiger partial charge is 0.383 e. The van der Waals surface area contributed by atoms with Gasteiger partial charge in [0.05, 0.1) is 16.4 Å². The van der Waals surface area contributed by atoms with Crippen molar-refractivity contribution in [3.05, 3.63) is 54.6 Å². The van der Waals surface area contributed by atoms with Crippen LogP contribution in [0.4, 0.5) is 5.69 Å². The summed E-state index contributed by atoms with van der Waals surface area (Å²) in [7, 11) is -6.04. The van der Waals surface area contributed by atoms with E-state index in [-0.39, 0.29) is 22.9 Å². The monoisotopic (exact) mass is 481 g/mol. The van der Waals surface area contributed by atoms with Crippen molar-refractivity contribution >= 4 is 31.6 Å². The number of methoxy groups -OCH3 is 1. The summed E-state index contributed by atoms with van der Waals surface area (Å²) in [6, 6.07) is 12.5. The molecule has 2 atom stereocenters. The van der Waals surface area contributed by atoms with Gasteiger partial charge in [-0.05, 0) is 56.2 Å². The molecule has 1 amide bonds. The van der Waals surface area contributed by atoms with Crippen LogP contribution in [0.1, 0.15) is 19.8 Å². The average Bonchev–Trinajstić information content (AvgIpc) is 3.26. The summed E-state index contributed by atoms with van der Waals surface area (Å²) >= 11 is 0. The van der Waals surface area contributed by atoms with Gasteiger partial charge in [0, 0.05) is 25.4 Å². The molecule has 0 aromatic heterocycles. The standard InChI is InChI=1S/C21H27N3O6S2/c1-16(15-30-2)23-31(26,27)18-12-10-17(11-13-18)22-21(25)20-9-6-14-24(20)32(28,29)19-7-4-3-5-8-19/h3-5,7-8,10-13,16,20,23H,6,9,14-15H2,1-2H3,(H,22,25). The van der Waals surface area contributed by atoms with Gasteiger partial charge in [0.25, 0.3) is 0 Å². The number of sulfonamides is 2. The number of amides is 1. The smallest absolute Gasteiger partial charge is 0.243 e. The van der Waals surface area contributed by atoms with Gasteiger partial charge in [0.1, 0.15) is 6.04 Å². The SMILES string of the molecule is COCC(C)NS(=O)(=O)c1ccc(NC(=O)C2CCCN2S(=O)(=O)c2ccccc2)cc1. The van der Waals surface area contributed by atoms with Crippen molar-refractivity contribution in [2.45, 2.75) is 41.6 Å². The van der Waals surface area contributed by atoms with Gasteiger partial charge < -0.3 is 10.1 Å². The molecule has 2 aromatic rings. The topological polar surface area (TPSA) is 122 Å². The molecule has 2 N–H and O–H groups in total. The van der Waals surface area contributed by atoms with Crippen LogP contribution in [-0.2, 0) is 29.6 Å². The summed E-state index contributed by atoms with van der Waals surface area (Å²) < 4.78 is 59.4. The van der Waals surface area contributed by atoms with Gasteiger partial charge in [-0.1, -0.05) is 18.2 Å². The van der Waals surface area contributed by atoms with Gasteiger partial charge >= 0.3 is 0 Å². The number of hydrogen-bond donors (Lipinski definition) is 2. The molecule has 11 heteroatoms. The van der Waals surface area contributed by atoms with Crippen LogP contribution >= 0.6 is 0 Å². The van der Waals surface area contributed by atoms with Gasteiger partial charge in [0.2, 0.25) is 26.0 Å². The molecule has 1 aliphatic heterocycles. The predicted molar refractivity (Wildman–Crippen MR) is 120 cm³/mol. The van der Waals surface area contributed by atoms with Crippen LogP contribution in [-0.4, -0.2) is 59.4 Å². The number of rotatable bonds is 9.